The molecule has 102 valence electrons. The lowest BCUT2D eigenvalue weighted by Gasteiger charge is -2.35. The summed E-state index contributed by atoms with van der Waals surface area (Å²) < 4.78 is 0. The van der Waals surface area contributed by atoms with Crippen molar-refractivity contribution < 1.29 is 5.11 Å². The van der Waals surface area contributed by atoms with Crippen molar-refractivity contribution in [1.82, 2.24) is 10.2 Å². The standard InChI is InChI=1S/C14H30N2O/c1-5-12(2)16(4)10-8-13-7-6-9-14(13,11-17)15-3/h12-13,15,17H,5-11H2,1-4H3. The summed E-state index contributed by atoms with van der Waals surface area (Å²) in [6, 6.07) is 0.662. The topological polar surface area (TPSA) is 35.5 Å². The lowest BCUT2D eigenvalue weighted by Crippen LogP contribution is -2.50. The van der Waals surface area contributed by atoms with Gasteiger partial charge in [0.05, 0.1) is 6.61 Å². The van der Waals surface area contributed by atoms with Gasteiger partial charge >= 0.3 is 0 Å². The summed E-state index contributed by atoms with van der Waals surface area (Å²) in [5.74, 6) is 0.629. The van der Waals surface area contributed by atoms with Crippen LogP contribution < -0.4 is 5.32 Å². The lowest BCUT2D eigenvalue weighted by molar-refractivity contribution is 0.116. The molecule has 3 nitrogen and oxygen atoms in total. The smallest absolute Gasteiger partial charge is 0.0615 e. The number of rotatable bonds is 7. The highest BCUT2D eigenvalue weighted by Gasteiger charge is 2.40. The van der Waals surface area contributed by atoms with Gasteiger partial charge in [-0.2, -0.15) is 0 Å². The van der Waals surface area contributed by atoms with Crippen LogP contribution in [0.5, 0.6) is 0 Å². The van der Waals surface area contributed by atoms with Crippen LogP contribution in [0.25, 0.3) is 0 Å². The minimum absolute atomic E-state index is 0.00368. The summed E-state index contributed by atoms with van der Waals surface area (Å²) >= 11 is 0. The molecule has 0 radical (unpaired) electrons. The first-order valence-electron chi connectivity index (χ1n) is 7.09. The van der Waals surface area contributed by atoms with E-state index in [0.717, 1.165) is 13.0 Å². The van der Waals surface area contributed by atoms with Gasteiger partial charge in [0, 0.05) is 11.6 Å². The summed E-state index contributed by atoms with van der Waals surface area (Å²) in [4.78, 5) is 2.44. The summed E-state index contributed by atoms with van der Waals surface area (Å²) in [5, 5.41) is 13.0. The second kappa shape index (κ2) is 6.72. The molecule has 1 saturated carbocycles. The number of nitrogens with zero attached hydrogens (tertiary/aromatic N) is 1. The van der Waals surface area contributed by atoms with Crippen molar-refractivity contribution in [3.63, 3.8) is 0 Å². The van der Waals surface area contributed by atoms with E-state index in [9.17, 15) is 5.11 Å². The monoisotopic (exact) mass is 242 g/mol. The zero-order valence-corrected chi connectivity index (χ0v) is 12.0. The molecule has 0 saturated heterocycles. The molecule has 0 amide bonds. The number of likely N-dealkylation sites (N-methyl/N-ethyl adjacent to an activating group) is 1. The van der Waals surface area contributed by atoms with Crippen molar-refractivity contribution >= 4 is 0 Å². The minimum Gasteiger partial charge on any atom is -0.394 e. The zero-order chi connectivity index (χ0) is 12.9. The van der Waals surface area contributed by atoms with Crippen LogP contribution in [0, 0.1) is 5.92 Å². The van der Waals surface area contributed by atoms with Crippen LogP contribution in [-0.2, 0) is 0 Å². The third-order valence-electron chi connectivity index (χ3n) is 4.91. The van der Waals surface area contributed by atoms with Gasteiger partial charge in [0.15, 0.2) is 0 Å². The van der Waals surface area contributed by atoms with Crippen LogP contribution in [0.15, 0.2) is 0 Å². The molecular formula is C14H30N2O. The molecule has 1 rings (SSSR count). The molecule has 3 heteroatoms. The predicted molar refractivity (Wildman–Crippen MR) is 73.2 cm³/mol. The van der Waals surface area contributed by atoms with Crippen molar-refractivity contribution in [2.75, 3.05) is 27.2 Å². The van der Waals surface area contributed by atoms with E-state index in [-0.39, 0.29) is 12.1 Å². The summed E-state index contributed by atoms with van der Waals surface area (Å²) in [6.07, 6.45) is 6.03. The SMILES string of the molecule is CCC(C)N(C)CCC1CCCC1(CO)NC. The Kier molecular flexibility index (Phi) is 5.90. The van der Waals surface area contributed by atoms with Gasteiger partial charge in [0.2, 0.25) is 0 Å². The van der Waals surface area contributed by atoms with Gasteiger partial charge in [-0.05, 0) is 59.2 Å². The van der Waals surface area contributed by atoms with Crippen LogP contribution in [0.3, 0.4) is 0 Å². The van der Waals surface area contributed by atoms with Crippen LogP contribution >= 0.6 is 0 Å². The van der Waals surface area contributed by atoms with Crippen molar-refractivity contribution in [1.29, 1.82) is 0 Å². The molecule has 0 aromatic carbocycles. The van der Waals surface area contributed by atoms with E-state index in [2.05, 4.69) is 31.1 Å². The Hall–Kier alpha value is -0.120. The van der Waals surface area contributed by atoms with Crippen molar-refractivity contribution in [2.45, 2.75) is 57.5 Å². The second-order valence-electron chi connectivity index (χ2n) is 5.68. The molecule has 0 spiro atoms. The number of aliphatic hydroxyl groups excluding tert-OH is 1. The maximum Gasteiger partial charge on any atom is 0.0615 e. The molecule has 0 aromatic rings. The highest BCUT2D eigenvalue weighted by Crippen LogP contribution is 2.37. The van der Waals surface area contributed by atoms with Gasteiger partial charge in [0.1, 0.15) is 0 Å². The molecule has 0 heterocycles. The third kappa shape index (κ3) is 3.43. The molecule has 3 unspecified atom stereocenters. The maximum atomic E-state index is 9.63. The quantitative estimate of drug-likeness (QED) is 0.715. The van der Waals surface area contributed by atoms with E-state index in [1.807, 2.05) is 7.05 Å². The Morgan fingerprint density at radius 2 is 2.24 bits per heavy atom. The van der Waals surface area contributed by atoms with Crippen LogP contribution in [0.4, 0.5) is 0 Å². The van der Waals surface area contributed by atoms with E-state index in [4.69, 9.17) is 0 Å². The molecule has 0 bridgehead atoms. The fourth-order valence-corrected chi connectivity index (χ4v) is 3.07. The highest BCUT2D eigenvalue weighted by atomic mass is 16.3. The van der Waals surface area contributed by atoms with E-state index in [0.29, 0.717) is 12.0 Å². The number of aliphatic hydroxyl groups is 1. The van der Waals surface area contributed by atoms with Crippen molar-refractivity contribution in [3.05, 3.63) is 0 Å². The summed E-state index contributed by atoms with van der Waals surface area (Å²) in [7, 11) is 4.20. The molecular weight excluding hydrogens is 212 g/mol. The zero-order valence-electron chi connectivity index (χ0n) is 12.0. The number of nitrogens with one attached hydrogen (secondary N) is 1. The Balaban J connectivity index is 2.45. The molecule has 0 aliphatic heterocycles. The van der Waals surface area contributed by atoms with Gasteiger partial charge in [-0.15, -0.1) is 0 Å². The molecule has 17 heavy (non-hydrogen) atoms. The minimum atomic E-state index is -0.00368. The molecule has 1 fully saturated rings. The average molecular weight is 242 g/mol. The number of hydrogen-bond acceptors (Lipinski definition) is 3. The fourth-order valence-electron chi connectivity index (χ4n) is 3.07. The van der Waals surface area contributed by atoms with E-state index in [1.54, 1.807) is 0 Å². The van der Waals surface area contributed by atoms with Gasteiger partial charge in [-0.25, -0.2) is 0 Å². The summed E-state index contributed by atoms with van der Waals surface area (Å²) in [5.41, 5.74) is -0.00368. The first kappa shape index (κ1) is 14.9. The van der Waals surface area contributed by atoms with Gasteiger partial charge in [-0.3, -0.25) is 0 Å². The Bertz CT molecular complexity index is 216. The predicted octanol–water partition coefficient (Wildman–Crippen LogP) is 1.86. The first-order valence-corrected chi connectivity index (χ1v) is 7.09. The van der Waals surface area contributed by atoms with Crippen LogP contribution in [0.2, 0.25) is 0 Å². The normalized spacial score (nSPS) is 31.1. The molecule has 1 aliphatic carbocycles. The van der Waals surface area contributed by atoms with E-state index in [1.165, 1.54) is 25.7 Å². The highest BCUT2D eigenvalue weighted by molar-refractivity contribution is 4.98. The Morgan fingerprint density at radius 3 is 2.76 bits per heavy atom. The van der Waals surface area contributed by atoms with Crippen molar-refractivity contribution in [3.8, 4) is 0 Å². The second-order valence-corrected chi connectivity index (χ2v) is 5.68. The number of hydrogen-bond donors (Lipinski definition) is 2. The van der Waals surface area contributed by atoms with Gasteiger partial charge in [-0.1, -0.05) is 13.3 Å². The average Bonchev–Trinajstić information content (AvgIpc) is 2.78. The maximum absolute atomic E-state index is 9.63. The molecule has 0 aromatic heterocycles. The van der Waals surface area contributed by atoms with Crippen molar-refractivity contribution in [2.24, 2.45) is 5.92 Å². The Morgan fingerprint density at radius 1 is 1.53 bits per heavy atom. The van der Waals surface area contributed by atoms with Crippen LogP contribution in [-0.4, -0.2) is 48.8 Å². The first-order chi connectivity index (χ1) is 8.09. The van der Waals surface area contributed by atoms with Gasteiger partial charge in [0.25, 0.3) is 0 Å². The summed E-state index contributed by atoms with van der Waals surface area (Å²) in [6.45, 7) is 5.94. The van der Waals surface area contributed by atoms with E-state index >= 15 is 0 Å². The van der Waals surface area contributed by atoms with Gasteiger partial charge < -0.3 is 15.3 Å². The fraction of sp³-hybridized carbons (Fsp3) is 1.00. The third-order valence-corrected chi connectivity index (χ3v) is 4.91. The largest absolute Gasteiger partial charge is 0.394 e. The van der Waals surface area contributed by atoms with Crippen LogP contribution in [0.1, 0.15) is 46.0 Å². The molecule has 1 aliphatic rings. The van der Waals surface area contributed by atoms with E-state index < -0.39 is 0 Å². The lowest BCUT2D eigenvalue weighted by atomic mass is 9.85. The molecule has 3 atom stereocenters. The molecule has 2 N–H and O–H groups in total. The Labute approximate surface area is 107 Å².